The monoisotopic (exact) mass is 589 g/mol. The normalized spacial score (nSPS) is 25.3. The van der Waals surface area contributed by atoms with Gasteiger partial charge in [0.05, 0.1) is 9.82 Å². The highest BCUT2D eigenvalue weighted by atomic mass is 32.2. The van der Waals surface area contributed by atoms with Crippen LogP contribution in [-0.2, 0) is 10.0 Å². The van der Waals surface area contributed by atoms with Crippen LogP contribution in [-0.4, -0.2) is 32.6 Å². The minimum absolute atomic E-state index is 0.131. The van der Waals surface area contributed by atoms with E-state index in [0.717, 1.165) is 54.2 Å². The van der Waals surface area contributed by atoms with Crippen molar-refractivity contribution in [2.75, 3.05) is 18.7 Å². The largest absolute Gasteiger partial charge is 0.454 e. The summed E-state index contributed by atoms with van der Waals surface area (Å²) < 4.78 is 39.0. The molecular formula is C31H31N3O7S. The average Bonchev–Trinajstić information content (AvgIpc) is 3.43. The van der Waals surface area contributed by atoms with Crippen molar-refractivity contribution < 1.29 is 27.6 Å². The van der Waals surface area contributed by atoms with Gasteiger partial charge in [0.15, 0.2) is 11.5 Å². The summed E-state index contributed by atoms with van der Waals surface area (Å²) in [5.74, 6) is 2.71. The minimum atomic E-state index is -4.36. The summed E-state index contributed by atoms with van der Waals surface area (Å²) in [6.45, 7) is 0.805. The lowest BCUT2D eigenvalue weighted by atomic mass is 9.49. The van der Waals surface area contributed by atoms with Crippen LogP contribution in [0.15, 0.2) is 65.6 Å². The Morgan fingerprint density at radius 3 is 2.19 bits per heavy atom. The average molecular weight is 590 g/mol. The number of sulfonamides is 1. The Balaban J connectivity index is 1.05. The Morgan fingerprint density at radius 2 is 1.52 bits per heavy atom. The number of hydrogen-bond acceptors (Lipinski definition) is 8. The topological polar surface area (TPSA) is 137 Å². The van der Waals surface area contributed by atoms with Gasteiger partial charge in [-0.05, 0) is 109 Å². The van der Waals surface area contributed by atoms with Crippen LogP contribution >= 0.6 is 0 Å². The smallest absolute Gasteiger partial charge is 0.293 e. The molecule has 3 aromatic rings. The van der Waals surface area contributed by atoms with E-state index in [-0.39, 0.29) is 28.4 Å². The van der Waals surface area contributed by atoms with Gasteiger partial charge in [0.25, 0.3) is 21.6 Å². The molecule has 42 heavy (non-hydrogen) atoms. The molecule has 0 unspecified atom stereocenters. The SMILES string of the molecule is O=C(NS(=O)(=O)c1ccc(NCC23CC4CC(CC(C4)C2)C3)c([N+](=O)[O-])c1)c1ccc(-c2ccc3c(c2)OCO3)cc1. The standard InChI is InChI=1S/C31H31N3O7S/c35-30(23-3-1-22(2-4-23)24-5-8-28-29(12-24)41-18-40-28)33-42(38,39)25-6-7-26(27(13-25)34(36)37)32-17-31-14-19-9-20(15-31)11-21(10-19)16-31/h1-8,12-13,19-21,32H,9-11,14-18H2,(H,33,35). The van der Waals surface area contributed by atoms with Gasteiger partial charge in [-0.3, -0.25) is 14.9 Å². The zero-order chi connectivity index (χ0) is 29.1. The first-order chi connectivity index (χ1) is 20.2. The van der Waals surface area contributed by atoms with Gasteiger partial charge in [0.1, 0.15) is 5.69 Å². The van der Waals surface area contributed by atoms with E-state index in [9.17, 15) is 23.3 Å². The molecule has 4 aliphatic carbocycles. The lowest BCUT2D eigenvalue weighted by molar-refractivity contribution is -0.384. The third-order valence-electron chi connectivity index (χ3n) is 9.38. The lowest BCUT2D eigenvalue weighted by Gasteiger charge is -2.57. The Hall–Kier alpha value is -4.12. The number of carbonyl (C=O) groups excluding carboxylic acids is 1. The first-order valence-electron chi connectivity index (χ1n) is 14.3. The molecule has 1 aliphatic heterocycles. The molecule has 10 nitrogen and oxygen atoms in total. The molecule has 1 heterocycles. The highest BCUT2D eigenvalue weighted by Gasteiger charge is 2.50. The van der Waals surface area contributed by atoms with E-state index >= 15 is 0 Å². The van der Waals surface area contributed by atoms with Crippen LogP contribution in [0.3, 0.4) is 0 Å². The van der Waals surface area contributed by atoms with Crippen molar-refractivity contribution in [3.63, 3.8) is 0 Å². The number of rotatable bonds is 8. The maximum atomic E-state index is 13.1. The lowest BCUT2D eigenvalue weighted by Crippen LogP contribution is -2.49. The summed E-state index contributed by atoms with van der Waals surface area (Å²) in [6, 6.07) is 15.7. The molecule has 8 rings (SSSR count). The molecule has 0 spiro atoms. The van der Waals surface area contributed by atoms with Gasteiger partial charge in [-0.15, -0.1) is 0 Å². The summed E-state index contributed by atoms with van der Waals surface area (Å²) in [6.07, 6.45) is 7.37. The second-order valence-corrected chi connectivity index (χ2v) is 14.0. The van der Waals surface area contributed by atoms with Crippen LogP contribution in [0.2, 0.25) is 0 Å². The summed E-state index contributed by atoms with van der Waals surface area (Å²) in [5.41, 5.74) is 1.90. The zero-order valence-electron chi connectivity index (χ0n) is 22.9. The van der Waals surface area contributed by atoms with E-state index in [1.54, 1.807) is 18.2 Å². The number of amides is 1. The number of anilines is 1. The predicted octanol–water partition coefficient (Wildman–Crippen LogP) is 5.74. The molecule has 0 aromatic heterocycles. The predicted molar refractivity (Wildman–Crippen MR) is 155 cm³/mol. The summed E-state index contributed by atoms with van der Waals surface area (Å²) in [5, 5.41) is 15.2. The molecule has 4 saturated carbocycles. The van der Waals surface area contributed by atoms with Crippen molar-refractivity contribution in [2.24, 2.45) is 23.2 Å². The number of carbonyl (C=O) groups is 1. The van der Waals surface area contributed by atoms with Gasteiger partial charge in [0, 0.05) is 18.2 Å². The fourth-order valence-electron chi connectivity index (χ4n) is 7.90. The van der Waals surface area contributed by atoms with Crippen molar-refractivity contribution in [2.45, 2.75) is 43.4 Å². The van der Waals surface area contributed by atoms with Gasteiger partial charge in [-0.25, -0.2) is 13.1 Å². The molecule has 5 aliphatic rings. The highest BCUT2D eigenvalue weighted by Crippen LogP contribution is 2.60. The van der Waals surface area contributed by atoms with Crippen LogP contribution in [0, 0.1) is 33.3 Å². The second-order valence-electron chi connectivity index (χ2n) is 12.3. The van der Waals surface area contributed by atoms with Crippen molar-refractivity contribution in [3.05, 3.63) is 76.3 Å². The number of benzene rings is 3. The molecule has 0 radical (unpaired) electrons. The number of ether oxygens (including phenoxy) is 2. The first-order valence-corrected chi connectivity index (χ1v) is 15.7. The van der Waals surface area contributed by atoms with Crippen LogP contribution in [0.5, 0.6) is 11.5 Å². The molecule has 4 bridgehead atoms. The fourth-order valence-corrected chi connectivity index (χ4v) is 8.89. The van der Waals surface area contributed by atoms with E-state index in [1.165, 1.54) is 43.5 Å². The van der Waals surface area contributed by atoms with E-state index in [4.69, 9.17) is 9.47 Å². The number of nitro benzene ring substituents is 1. The third-order valence-corrected chi connectivity index (χ3v) is 10.7. The van der Waals surface area contributed by atoms with Gasteiger partial charge in [-0.2, -0.15) is 0 Å². The Bertz CT molecular complexity index is 1650. The van der Waals surface area contributed by atoms with Crippen LogP contribution in [0.4, 0.5) is 11.4 Å². The van der Waals surface area contributed by atoms with Crippen LogP contribution < -0.4 is 19.5 Å². The summed E-state index contributed by atoms with van der Waals surface area (Å²) in [7, 11) is -4.36. The maximum absolute atomic E-state index is 13.1. The van der Waals surface area contributed by atoms with E-state index in [2.05, 4.69) is 5.32 Å². The van der Waals surface area contributed by atoms with Crippen LogP contribution in [0.1, 0.15) is 48.9 Å². The number of fused-ring (bicyclic) bond motifs is 1. The Labute approximate surface area is 243 Å². The van der Waals surface area contributed by atoms with Gasteiger partial charge >= 0.3 is 0 Å². The molecular weight excluding hydrogens is 558 g/mol. The third kappa shape index (κ3) is 4.95. The molecule has 4 fully saturated rings. The molecule has 2 N–H and O–H groups in total. The summed E-state index contributed by atoms with van der Waals surface area (Å²) >= 11 is 0. The molecule has 0 atom stereocenters. The van der Waals surface area contributed by atoms with Crippen LogP contribution in [0.25, 0.3) is 11.1 Å². The van der Waals surface area contributed by atoms with Crippen molar-refractivity contribution in [3.8, 4) is 22.6 Å². The van der Waals surface area contributed by atoms with Crippen molar-refractivity contribution in [1.29, 1.82) is 0 Å². The second kappa shape index (κ2) is 10.0. The summed E-state index contributed by atoms with van der Waals surface area (Å²) in [4.78, 5) is 23.9. The molecule has 3 aromatic carbocycles. The Kier molecular flexibility index (Phi) is 6.38. The molecule has 1 amide bonds. The van der Waals surface area contributed by atoms with Gasteiger partial charge in [0.2, 0.25) is 6.79 Å². The van der Waals surface area contributed by atoms with E-state index in [1.807, 2.05) is 16.9 Å². The number of nitro groups is 1. The van der Waals surface area contributed by atoms with Gasteiger partial charge < -0.3 is 14.8 Å². The fraction of sp³-hybridized carbons (Fsp3) is 0.387. The molecule has 11 heteroatoms. The Morgan fingerprint density at radius 1 is 0.881 bits per heavy atom. The van der Waals surface area contributed by atoms with Crippen molar-refractivity contribution in [1.82, 2.24) is 4.72 Å². The quantitative estimate of drug-likeness (QED) is 0.251. The zero-order valence-corrected chi connectivity index (χ0v) is 23.7. The van der Waals surface area contributed by atoms with Gasteiger partial charge in [-0.1, -0.05) is 18.2 Å². The van der Waals surface area contributed by atoms with E-state index < -0.39 is 20.9 Å². The number of hydrogen-bond donors (Lipinski definition) is 2. The maximum Gasteiger partial charge on any atom is 0.293 e. The van der Waals surface area contributed by atoms with E-state index in [0.29, 0.717) is 23.7 Å². The number of nitrogens with zero attached hydrogens (tertiary/aromatic N) is 1. The number of nitrogens with one attached hydrogen (secondary N) is 2. The molecule has 218 valence electrons. The highest BCUT2D eigenvalue weighted by molar-refractivity contribution is 7.90. The van der Waals surface area contributed by atoms with Crippen molar-refractivity contribution >= 4 is 27.3 Å². The molecule has 0 saturated heterocycles. The first kappa shape index (κ1) is 26.8. The minimum Gasteiger partial charge on any atom is -0.454 e.